The van der Waals surface area contributed by atoms with E-state index in [1.165, 1.54) is 10.7 Å². The summed E-state index contributed by atoms with van der Waals surface area (Å²) < 4.78 is 35.8. The Balaban J connectivity index is 2.55. The van der Waals surface area contributed by atoms with E-state index in [-0.39, 0.29) is 40.1 Å². The van der Waals surface area contributed by atoms with Crippen LogP contribution in [0, 0.1) is 20.8 Å². The van der Waals surface area contributed by atoms with E-state index in [4.69, 9.17) is 21.1 Å². The van der Waals surface area contributed by atoms with E-state index in [0.29, 0.717) is 16.8 Å². The number of benzene rings is 1. The van der Waals surface area contributed by atoms with Crippen molar-refractivity contribution in [1.82, 2.24) is 9.78 Å². The van der Waals surface area contributed by atoms with Crippen molar-refractivity contribution < 1.29 is 27.5 Å². The second-order valence-corrected chi connectivity index (χ2v) is 8.92. The van der Waals surface area contributed by atoms with Gasteiger partial charge < -0.3 is 9.47 Å². The van der Waals surface area contributed by atoms with Crippen molar-refractivity contribution in [3.63, 3.8) is 0 Å². The normalized spacial score (nSPS) is 11.4. The summed E-state index contributed by atoms with van der Waals surface area (Å²) in [6, 6.07) is 1.44. The van der Waals surface area contributed by atoms with Crippen LogP contribution >= 0.6 is 11.6 Å². The van der Waals surface area contributed by atoms with E-state index in [2.05, 4.69) is 5.10 Å². The summed E-state index contributed by atoms with van der Waals surface area (Å²) in [6.07, 6.45) is 1.09. The molecule has 1 aromatic carbocycles. The van der Waals surface area contributed by atoms with Gasteiger partial charge in [0.05, 0.1) is 22.2 Å². The van der Waals surface area contributed by atoms with E-state index >= 15 is 0 Å². The largest absolute Gasteiger partial charge is 0.465 e. The van der Waals surface area contributed by atoms with Gasteiger partial charge in [-0.05, 0) is 44.9 Å². The summed E-state index contributed by atoms with van der Waals surface area (Å²) >= 11 is 6.37. The van der Waals surface area contributed by atoms with Gasteiger partial charge >= 0.3 is 5.97 Å². The standard InChI is InChI=1S/C19H23ClN2O6S/c1-7-27-14(23)9-28-19-15(12(4)21-22(19)5)17(24)13-8-10(2)18(29(6,25)26)11(3)16(13)20/h8H,7,9H2,1-6H3. The second-order valence-electron chi connectivity index (χ2n) is 6.59. The third-order valence-corrected chi connectivity index (χ3v) is 6.13. The molecule has 2 aromatic rings. The summed E-state index contributed by atoms with van der Waals surface area (Å²) in [5.74, 6) is -0.961. The van der Waals surface area contributed by atoms with Gasteiger partial charge in [0.15, 0.2) is 16.4 Å². The van der Waals surface area contributed by atoms with Gasteiger partial charge in [-0.15, -0.1) is 0 Å². The fraction of sp³-hybridized carbons (Fsp3) is 0.421. The molecule has 29 heavy (non-hydrogen) atoms. The van der Waals surface area contributed by atoms with Gasteiger partial charge in [-0.25, -0.2) is 17.9 Å². The van der Waals surface area contributed by atoms with E-state index < -0.39 is 21.6 Å². The van der Waals surface area contributed by atoms with Crippen molar-refractivity contribution >= 4 is 33.2 Å². The van der Waals surface area contributed by atoms with Crippen LogP contribution in [0.2, 0.25) is 5.02 Å². The lowest BCUT2D eigenvalue weighted by atomic mass is 9.99. The molecule has 0 atom stereocenters. The summed E-state index contributed by atoms with van der Waals surface area (Å²) in [5.41, 5.74) is 1.37. The molecule has 0 radical (unpaired) electrons. The maximum atomic E-state index is 13.3. The molecule has 0 N–H and O–H groups in total. The molecule has 10 heteroatoms. The van der Waals surface area contributed by atoms with Crippen LogP contribution in [0.15, 0.2) is 11.0 Å². The van der Waals surface area contributed by atoms with Gasteiger partial charge in [-0.2, -0.15) is 5.10 Å². The Morgan fingerprint density at radius 3 is 2.41 bits per heavy atom. The Hall–Kier alpha value is -2.39. The molecule has 0 aliphatic carbocycles. The molecule has 0 amide bonds. The molecular formula is C19H23ClN2O6S. The molecule has 0 spiro atoms. The van der Waals surface area contributed by atoms with Crippen LogP contribution in [0.3, 0.4) is 0 Å². The van der Waals surface area contributed by atoms with E-state index in [1.54, 1.807) is 34.7 Å². The van der Waals surface area contributed by atoms with Crippen LogP contribution in [0.25, 0.3) is 0 Å². The molecular weight excluding hydrogens is 420 g/mol. The van der Waals surface area contributed by atoms with Crippen LogP contribution in [-0.4, -0.2) is 49.4 Å². The molecule has 0 saturated heterocycles. The first-order valence-corrected chi connectivity index (χ1v) is 11.0. The van der Waals surface area contributed by atoms with E-state index in [0.717, 1.165) is 6.26 Å². The molecule has 0 saturated carbocycles. The predicted molar refractivity (Wildman–Crippen MR) is 108 cm³/mol. The Morgan fingerprint density at radius 1 is 1.24 bits per heavy atom. The number of esters is 1. The van der Waals surface area contributed by atoms with Crippen LogP contribution in [0.4, 0.5) is 0 Å². The second kappa shape index (κ2) is 8.54. The number of aryl methyl sites for hydroxylation is 3. The van der Waals surface area contributed by atoms with Crippen molar-refractivity contribution in [3.8, 4) is 5.88 Å². The molecule has 0 unspecified atom stereocenters. The highest BCUT2D eigenvalue weighted by Crippen LogP contribution is 2.34. The number of hydrogen-bond donors (Lipinski definition) is 0. The first kappa shape index (κ1) is 22.9. The quantitative estimate of drug-likeness (QED) is 0.479. The highest BCUT2D eigenvalue weighted by atomic mass is 35.5. The van der Waals surface area contributed by atoms with Gasteiger partial charge in [0.25, 0.3) is 0 Å². The zero-order chi connectivity index (χ0) is 22.1. The lowest BCUT2D eigenvalue weighted by molar-refractivity contribution is -0.145. The average molecular weight is 443 g/mol. The number of halogens is 1. The number of ether oxygens (including phenoxy) is 2. The van der Waals surface area contributed by atoms with Crippen molar-refractivity contribution in [2.45, 2.75) is 32.6 Å². The zero-order valence-electron chi connectivity index (χ0n) is 17.1. The summed E-state index contributed by atoms with van der Waals surface area (Å²) in [4.78, 5) is 25.0. The van der Waals surface area contributed by atoms with Gasteiger partial charge in [0.1, 0.15) is 5.56 Å². The van der Waals surface area contributed by atoms with Crippen LogP contribution in [0.5, 0.6) is 5.88 Å². The molecule has 2 rings (SSSR count). The van der Waals surface area contributed by atoms with Crippen molar-refractivity contribution in [2.75, 3.05) is 19.5 Å². The van der Waals surface area contributed by atoms with Crippen LogP contribution in [0.1, 0.15) is 39.7 Å². The van der Waals surface area contributed by atoms with E-state index in [9.17, 15) is 18.0 Å². The molecule has 8 nitrogen and oxygen atoms in total. The summed E-state index contributed by atoms with van der Waals surface area (Å²) in [6.45, 7) is 6.28. The lowest BCUT2D eigenvalue weighted by Gasteiger charge is -2.14. The topological polar surface area (TPSA) is 105 Å². The average Bonchev–Trinajstić information content (AvgIpc) is 2.88. The van der Waals surface area contributed by atoms with Crippen LogP contribution < -0.4 is 4.74 Å². The third-order valence-electron chi connectivity index (χ3n) is 4.27. The zero-order valence-corrected chi connectivity index (χ0v) is 18.7. The number of carbonyl (C=O) groups excluding carboxylic acids is 2. The van der Waals surface area contributed by atoms with Crippen molar-refractivity contribution in [3.05, 3.63) is 39.0 Å². The van der Waals surface area contributed by atoms with Crippen molar-refractivity contribution in [2.24, 2.45) is 7.05 Å². The number of aromatic nitrogens is 2. The number of sulfone groups is 1. The third kappa shape index (κ3) is 4.62. The molecule has 0 fully saturated rings. The summed E-state index contributed by atoms with van der Waals surface area (Å²) in [5, 5.41) is 4.23. The highest BCUT2D eigenvalue weighted by molar-refractivity contribution is 7.90. The van der Waals surface area contributed by atoms with Gasteiger partial charge in [-0.3, -0.25) is 4.79 Å². The number of ketones is 1. The Bertz CT molecular complexity index is 1090. The first-order chi connectivity index (χ1) is 13.4. The Kier molecular flexibility index (Phi) is 6.74. The number of rotatable bonds is 7. The predicted octanol–water partition coefficient (Wildman–Crippen LogP) is 2.58. The number of carbonyl (C=O) groups is 2. The fourth-order valence-corrected chi connectivity index (χ4v) is 4.80. The lowest BCUT2D eigenvalue weighted by Crippen LogP contribution is -2.17. The SMILES string of the molecule is CCOC(=O)COc1c(C(=O)c2cc(C)c(S(C)(=O)=O)c(C)c2Cl)c(C)nn1C. The maximum absolute atomic E-state index is 13.3. The molecule has 0 bridgehead atoms. The van der Waals surface area contributed by atoms with Gasteiger partial charge in [0.2, 0.25) is 11.7 Å². The monoisotopic (exact) mass is 442 g/mol. The Morgan fingerprint density at radius 2 is 1.86 bits per heavy atom. The first-order valence-electron chi connectivity index (χ1n) is 8.76. The molecule has 0 aliphatic rings. The fourth-order valence-electron chi connectivity index (χ4n) is 3.21. The van der Waals surface area contributed by atoms with Gasteiger partial charge in [-0.1, -0.05) is 11.6 Å². The molecule has 158 valence electrons. The molecule has 1 heterocycles. The molecule has 0 aliphatic heterocycles. The highest BCUT2D eigenvalue weighted by Gasteiger charge is 2.28. The minimum absolute atomic E-state index is 0.0422. The van der Waals surface area contributed by atoms with Crippen LogP contribution in [-0.2, 0) is 26.4 Å². The number of hydrogen-bond acceptors (Lipinski definition) is 7. The minimum Gasteiger partial charge on any atom is -0.465 e. The van der Waals surface area contributed by atoms with Gasteiger partial charge in [0, 0.05) is 18.9 Å². The maximum Gasteiger partial charge on any atom is 0.344 e. The number of nitrogens with zero attached hydrogens (tertiary/aromatic N) is 2. The Labute approximate surface area is 174 Å². The smallest absolute Gasteiger partial charge is 0.344 e. The van der Waals surface area contributed by atoms with E-state index in [1.807, 2.05) is 0 Å². The minimum atomic E-state index is -3.52. The molecule has 1 aromatic heterocycles. The summed E-state index contributed by atoms with van der Waals surface area (Å²) in [7, 11) is -1.94. The van der Waals surface area contributed by atoms with Crippen molar-refractivity contribution in [1.29, 1.82) is 0 Å².